The third-order valence-electron chi connectivity index (χ3n) is 3.83. The highest BCUT2D eigenvalue weighted by Crippen LogP contribution is 2.34. The van der Waals surface area contributed by atoms with E-state index in [1.807, 2.05) is 18.2 Å². The number of hydrogen-bond acceptors (Lipinski definition) is 4. The molecule has 2 aromatic rings. The van der Waals surface area contributed by atoms with Crippen LogP contribution in [0.1, 0.15) is 23.7 Å². The number of ether oxygens (including phenoxy) is 2. The second kappa shape index (κ2) is 7.55. The van der Waals surface area contributed by atoms with Crippen LogP contribution in [0.5, 0.6) is 11.5 Å². The Bertz CT molecular complexity index is 735. The fraction of sp³-hybridized carbons (Fsp3) is 0.278. The topological polar surface area (TPSA) is 67.8 Å². The molecule has 0 saturated carbocycles. The Hall–Kier alpha value is -2.24. The highest BCUT2D eigenvalue weighted by molar-refractivity contribution is 6.31. The number of hydrogen-bond donors (Lipinski definition) is 2. The number of rotatable bonds is 6. The summed E-state index contributed by atoms with van der Waals surface area (Å²) in [7, 11) is 0. The maximum Gasteiger partial charge on any atom is 0.231 e. The zero-order valence-corrected chi connectivity index (χ0v) is 13.8. The van der Waals surface area contributed by atoms with E-state index in [-0.39, 0.29) is 19.1 Å². The average Bonchev–Trinajstić information content (AvgIpc) is 3.04. The van der Waals surface area contributed by atoms with Crippen molar-refractivity contribution >= 4 is 17.5 Å². The highest BCUT2D eigenvalue weighted by atomic mass is 35.5. The van der Waals surface area contributed by atoms with Gasteiger partial charge in [0, 0.05) is 11.6 Å². The summed E-state index contributed by atoms with van der Waals surface area (Å²) < 4.78 is 10.5. The van der Waals surface area contributed by atoms with Gasteiger partial charge in [0.15, 0.2) is 11.5 Å². The minimum absolute atomic E-state index is 0.124. The van der Waals surface area contributed by atoms with E-state index in [0.29, 0.717) is 29.5 Å². The molecule has 0 bridgehead atoms. The Morgan fingerprint density at radius 2 is 2.00 bits per heavy atom. The van der Waals surface area contributed by atoms with Crippen molar-refractivity contribution in [3.05, 3.63) is 58.6 Å². The van der Waals surface area contributed by atoms with Gasteiger partial charge in [0.05, 0.1) is 12.5 Å². The first-order chi connectivity index (χ1) is 11.6. The van der Waals surface area contributed by atoms with E-state index in [0.717, 1.165) is 11.1 Å². The predicted molar refractivity (Wildman–Crippen MR) is 90.3 cm³/mol. The Morgan fingerprint density at radius 1 is 1.21 bits per heavy atom. The van der Waals surface area contributed by atoms with E-state index >= 15 is 0 Å². The van der Waals surface area contributed by atoms with Gasteiger partial charge in [-0.05, 0) is 35.7 Å². The van der Waals surface area contributed by atoms with Crippen molar-refractivity contribution in [2.24, 2.45) is 0 Å². The van der Waals surface area contributed by atoms with Crippen LogP contribution < -0.4 is 14.8 Å². The van der Waals surface area contributed by atoms with Crippen molar-refractivity contribution in [1.82, 2.24) is 5.32 Å². The standard InChI is InChI=1S/C18H18ClNO4/c19-14-4-2-1-3-12(14)10-18(22)20-8-7-15(21)13-5-6-16-17(9-13)24-11-23-16/h1-6,9,15,21H,7-8,10-11H2,(H,20,22). The Morgan fingerprint density at radius 3 is 2.83 bits per heavy atom. The summed E-state index contributed by atoms with van der Waals surface area (Å²) in [6.45, 7) is 0.575. The van der Waals surface area contributed by atoms with Gasteiger partial charge in [0.25, 0.3) is 0 Å². The quantitative estimate of drug-likeness (QED) is 0.843. The fourth-order valence-electron chi connectivity index (χ4n) is 2.51. The van der Waals surface area contributed by atoms with Crippen LogP contribution in [0.4, 0.5) is 0 Å². The molecule has 0 spiro atoms. The molecule has 1 amide bonds. The van der Waals surface area contributed by atoms with Crippen molar-refractivity contribution in [3.63, 3.8) is 0 Å². The van der Waals surface area contributed by atoms with Crippen LogP contribution in [0.15, 0.2) is 42.5 Å². The Balaban J connectivity index is 1.47. The van der Waals surface area contributed by atoms with E-state index in [9.17, 15) is 9.90 Å². The summed E-state index contributed by atoms with van der Waals surface area (Å²) in [5.41, 5.74) is 1.52. The Labute approximate surface area is 145 Å². The van der Waals surface area contributed by atoms with Crippen LogP contribution in [0, 0.1) is 0 Å². The molecule has 24 heavy (non-hydrogen) atoms. The second-order valence-electron chi connectivity index (χ2n) is 5.54. The van der Waals surface area contributed by atoms with Gasteiger partial charge in [-0.1, -0.05) is 35.9 Å². The van der Waals surface area contributed by atoms with E-state index in [1.54, 1.807) is 24.3 Å². The van der Waals surface area contributed by atoms with Gasteiger partial charge in [-0.3, -0.25) is 4.79 Å². The van der Waals surface area contributed by atoms with E-state index in [4.69, 9.17) is 21.1 Å². The first-order valence-electron chi connectivity index (χ1n) is 7.71. The number of fused-ring (bicyclic) bond motifs is 1. The molecule has 0 aromatic heterocycles. The molecule has 1 aliphatic rings. The van der Waals surface area contributed by atoms with E-state index in [2.05, 4.69) is 5.32 Å². The SMILES string of the molecule is O=C(Cc1ccccc1Cl)NCCC(O)c1ccc2c(c1)OCO2. The van der Waals surface area contributed by atoms with Gasteiger partial charge >= 0.3 is 0 Å². The molecule has 1 aliphatic heterocycles. The molecule has 126 valence electrons. The molecule has 1 heterocycles. The number of nitrogens with one attached hydrogen (secondary N) is 1. The third-order valence-corrected chi connectivity index (χ3v) is 4.20. The number of carbonyl (C=O) groups excluding carboxylic acids is 1. The van der Waals surface area contributed by atoms with Crippen molar-refractivity contribution < 1.29 is 19.4 Å². The van der Waals surface area contributed by atoms with E-state index in [1.165, 1.54) is 0 Å². The first kappa shape index (κ1) is 16.6. The van der Waals surface area contributed by atoms with Gasteiger partial charge < -0.3 is 19.9 Å². The van der Waals surface area contributed by atoms with E-state index < -0.39 is 6.10 Å². The van der Waals surface area contributed by atoms with Crippen molar-refractivity contribution in [3.8, 4) is 11.5 Å². The summed E-state index contributed by atoms with van der Waals surface area (Å²) in [4.78, 5) is 11.9. The number of aliphatic hydroxyl groups is 1. The second-order valence-corrected chi connectivity index (χ2v) is 5.94. The van der Waals surface area contributed by atoms with Crippen molar-refractivity contribution in [1.29, 1.82) is 0 Å². The lowest BCUT2D eigenvalue weighted by Gasteiger charge is -2.12. The van der Waals surface area contributed by atoms with Gasteiger partial charge in [0.2, 0.25) is 12.7 Å². The van der Waals surface area contributed by atoms with Crippen LogP contribution in [0.3, 0.4) is 0 Å². The molecule has 5 nitrogen and oxygen atoms in total. The molecule has 3 rings (SSSR count). The van der Waals surface area contributed by atoms with Crippen molar-refractivity contribution in [2.75, 3.05) is 13.3 Å². The number of aliphatic hydroxyl groups excluding tert-OH is 1. The molecule has 0 aliphatic carbocycles. The minimum atomic E-state index is -0.680. The van der Waals surface area contributed by atoms with Crippen LogP contribution in [-0.4, -0.2) is 24.4 Å². The van der Waals surface area contributed by atoms with Crippen LogP contribution in [0.25, 0.3) is 0 Å². The zero-order valence-electron chi connectivity index (χ0n) is 13.0. The smallest absolute Gasteiger partial charge is 0.231 e. The van der Waals surface area contributed by atoms with Gasteiger partial charge in [-0.25, -0.2) is 0 Å². The summed E-state index contributed by atoms with van der Waals surface area (Å²) >= 11 is 6.04. The molecular formula is C18H18ClNO4. The summed E-state index contributed by atoms with van der Waals surface area (Å²) in [6.07, 6.45) is -0.0478. The lowest BCUT2D eigenvalue weighted by molar-refractivity contribution is -0.120. The maximum absolute atomic E-state index is 11.9. The lowest BCUT2D eigenvalue weighted by atomic mass is 10.1. The van der Waals surface area contributed by atoms with Crippen LogP contribution in [-0.2, 0) is 11.2 Å². The van der Waals surface area contributed by atoms with Gasteiger partial charge in [0.1, 0.15) is 0 Å². The molecule has 2 aromatic carbocycles. The average molecular weight is 348 g/mol. The molecule has 0 radical (unpaired) electrons. The molecule has 6 heteroatoms. The Kier molecular flexibility index (Phi) is 5.23. The first-order valence-corrected chi connectivity index (χ1v) is 8.09. The number of halogens is 1. The normalized spacial score (nSPS) is 13.6. The molecule has 2 N–H and O–H groups in total. The van der Waals surface area contributed by atoms with Gasteiger partial charge in [-0.15, -0.1) is 0 Å². The molecule has 1 unspecified atom stereocenters. The maximum atomic E-state index is 11.9. The summed E-state index contributed by atoms with van der Waals surface area (Å²) in [5, 5.41) is 13.6. The summed E-state index contributed by atoms with van der Waals surface area (Å²) in [5.74, 6) is 1.19. The number of benzene rings is 2. The molecular weight excluding hydrogens is 330 g/mol. The monoisotopic (exact) mass is 347 g/mol. The number of amides is 1. The van der Waals surface area contributed by atoms with Gasteiger partial charge in [-0.2, -0.15) is 0 Å². The largest absolute Gasteiger partial charge is 0.454 e. The summed E-state index contributed by atoms with van der Waals surface area (Å²) in [6, 6.07) is 12.6. The third kappa shape index (κ3) is 3.99. The molecule has 0 fully saturated rings. The fourth-order valence-corrected chi connectivity index (χ4v) is 2.72. The predicted octanol–water partition coefficient (Wildman–Crippen LogP) is 2.85. The molecule has 0 saturated heterocycles. The van der Waals surface area contributed by atoms with Crippen LogP contribution in [0.2, 0.25) is 5.02 Å². The zero-order chi connectivity index (χ0) is 16.9. The minimum Gasteiger partial charge on any atom is -0.454 e. The number of carbonyl (C=O) groups is 1. The highest BCUT2D eigenvalue weighted by Gasteiger charge is 2.16. The lowest BCUT2D eigenvalue weighted by Crippen LogP contribution is -2.27. The molecule has 1 atom stereocenters. The van der Waals surface area contributed by atoms with Crippen molar-refractivity contribution in [2.45, 2.75) is 18.9 Å². The van der Waals surface area contributed by atoms with Crippen LogP contribution >= 0.6 is 11.6 Å².